The van der Waals surface area contributed by atoms with Crippen molar-refractivity contribution in [2.24, 2.45) is 5.92 Å². The highest BCUT2D eigenvalue weighted by Gasteiger charge is 2.39. The van der Waals surface area contributed by atoms with Crippen molar-refractivity contribution in [3.05, 3.63) is 29.8 Å². The molecular weight excluding hydrogens is 212 g/mol. The zero-order chi connectivity index (χ0) is 11.9. The summed E-state index contributed by atoms with van der Waals surface area (Å²) in [7, 11) is 0. The lowest BCUT2D eigenvalue weighted by Crippen LogP contribution is -2.28. The van der Waals surface area contributed by atoms with Crippen molar-refractivity contribution in [1.82, 2.24) is 0 Å². The normalized spacial score (nSPS) is 32.7. The van der Waals surface area contributed by atoms with Crippen molar-refractivity contribution < 1.29 is 9.84 Å². The van der Waals surface area contributed by atoms with Gasteiger partial charge in [-0.1, -0.05) is 19.1 Å². The van der Waals surface area contributed by atoms with Gasteiger partial charge in [0.05, 0.1) is 11.7 Å². The van der Waals surface area contributed by atoms with Crippen LogP contribution in [0.3, 0.4) is 0 Å². The molecule has 2 saturated carbocycles. The van der Waals surface area contributed by atoms with Crippen LogP contribution >= 0.6 is 0 Å². The Labute approximate surface area is 103 Å². The Morgan fingerprint density at radius 3 is 2.41 bits per heavy atom. The van der Waals surface area contributed by atoms with Crippen LogP contribution in [0.4, 0.5) is 0 Å². The molecule has 1 aromatic carbocycles. The first-order valence-electron chi connectivity index (χ1n) is 6.68. The van der Waals surface area contributed by atoms with Crippen LogP contribution in [0.25, 0.3) is 0 Å². The molecule has 2 heteroatoms. The second-order valence-corrected chi connectivity index (χ2v) is 5.56. The van der Waals surface area contributed by atoms with Crippen LogP contribution in [0, 0.1) is 5.92 Å². The topological polar surface area (TPSA) is 29.5 Å². The van der Waals surface area contributed by atoms with Gasteiger partial charge in [0.15, 0.2) is 0 Å². The Kier molecular flexibility index (Phi) is 2.62. The minimum atomic E-state index is -0.613. The molecular formula is C15H20O2. The van der Waals surface area contributed by atoms with Crippen molar-refractivity contribution in [1.29, 1.82) is 0 Å². The molecule has 2 aliphatic carbocycles. The Hall–Kier alpha value is -1.02. The average molecular weight is 232 g/mol. The lowest BCUT2D eigenvalue weighted by molar-refractivity contribution is 0.00445. The predicted octanol–water partition coefficient (Wildman–Crippen LogP) is 3.24. The number of hydrogen-bond acceptors (Lipinski definition) is 2. The van der Waals surface area contributed by atoms with Crippen molar-refractivity contribution in [2.75, 3.05) is 0 Å². The Bertz CT molecular complexity index is 394. The first-order chi connectivity index (χ1) is 8.18. The second-order valence-electron chi connectivity index (χ2n) is 5.56. The molecule has 92 valence electrons. The fourth-order valence-corrected chi connectivity index (χ4v) is 2.79. The molecule has 0 heterocycles. The van der Waals surface area contributed by atoms with Crippen molar-refractivity contribution in [3.63, 3.8) is 0 Å². The molecule has 0 bridgehead atoms. The molecule has 0 saturated heterocycles. The summed E-state index contributed by atoms with van der Waals surface area (Å²) in [5, 5.41) is 10.7. The zero-order valence-electron chi connectivity index (χ0n) is 10.4. The van der Waals surface area contributed by atoms with Gasteiger partial charge in [-0.3, -0.25) is 0 Å². The van der Waals surface area contributed by atoms with Crippen molar-refractivity contribution >= 4 is 0 Å². The summed E-state index contributed by atoms with van der Waals surface area (Å²) in [6, 6.07) is 8.05. The third kappa shape index (κ3) is 2.06. The van der Waals surface area contributed by atoms with Gasteiger partial charge in [-0.25, -0.2) is 0 Å². The number of aliphatic hydroxyl groups is 1. The van der Waals surface area contributed by atoms with Crippen molar-refractivity contribution in [3.8, 4) is 5.75 Å². The van der Waals surface area contributed by atoms with E-state index in [1.54, 1.807) is 0 Å². The molecule has 0 amide bonds. The monoisotopic (exact) mass is 232 g/mol. The van der Waals surface area contributed by atoms with Gasteiger partial charge in [-0.05, 0) is 55.7 Å². The molecule has 3 rings (SSSR count). The Morgan fingerprint density at radius 1 is 1.18 bits per heavy atom. The molecule has 2 nitrogen and oxygen atoms in total. The zero-order valence-corrected chi connectivity index (χ0v) is 10.4. The van der Waals surface area contributed by atoms with Crippen LogP contribution in [-0.2, 0) is 5.60 Å². The highest BCUT2D eigenvalue weighted by molar-refractivity contribution is 5.32. The van der Waals surface area contributed by atoms with E-state index in [4.69, 9.17) is 4.74 Å². The quantitative estimate of drug-likeness (QED) is 0.867. The van der Waals surface area contributed by atoms with E-state index in [1.807, 2.05) is 24.3 Å². The maximum absolute atomic E-state index is 10.7. The summed E-state index contributed by atoms with van der Waals surface area (Å²) in [5.41, 5.74) is 0.434. The van der Waals surface area contributed by atoms with Crippen LogP contribution in [0.15, 0.2) is 24.3 Å². The van der Waals surface area contributed by atoms with Gasteiger partial charge in [-0.15, -0.1) is 0 Å². The molecule has 0 spiro atoms. The fraction of sp³-hybridized carbons (Fsp3) is 0.600. The fourth-order valence-electron chi connectivity index (χ4n) is 2.79. The molecule has 0 radical (unpaired) electrons. The maximum atomic E-state index is 10.7. The van der Waals surface area contributed by atoms with Gasteiger partial charge >= 0.3 is 0 Å². The largest absolute Gasteiger partial charge is 0.490 e. The van der Waals surface area contributed by atoms with Crippen LogP contribution in [0.1, 0.15) is 44.6 Å². The first-order valence-corrected chi connectivity index (χ1v) is 6.68. The highest BCUT2D eigenvalue weighted by atomic mass is 16.5. The van der Waals surface area contributed by atoms with E-state index >= 15 is 0 Å². The Morgan fingerprint density at radius 2 is 1.88 bits per heavy atom. The molecule has 2 unspecified atom stereocenters. The van der Waals surface area contributed by atoms with E-state index < -0.39 is 5.60 Å². The number of benzene rings is 1. The minimum Gasteiger partial charge on any atom is -0.490 e. The van der Waals surface area contributed by atoms with Crippen molar-refractivity contribution in [2.45, 2.75) is 50.7 Å². The molecule has 2 aliphatic rings. The summed E-state index contributed by atoms with van der Waals surface area (Å²) < 4.78 is 5.72. The molecule has 1 N–H and O–H groups in total. The van der Waals surface area contributed by atoms with E-state index in [1.165, 1.54) is 12.8 Å². The van der Waals surface area contributed by atoms with Crippen LogP contribution in [0.5, 0.6) is 5.75 Å². The molecule has 1 aromatic rings. The van der Waals surface area contributed by atoms with Gasteiger partial charge in [0.1, 0.15) is 5.75 Å². The Balaban J connectivity index is 1.78. The van der Waals surface area contributed by atoms with Crippen LogP contribution in [-0.4, -0.2) is 11.2 Å². The van der Waals surface area contributed by atoms with Gasteiger partial charge < -0.3 is 9.84 Å². The smallest absolute Gasteiger partial charge is 0.119 e. The van der Waals surface area contributed by atoms with E-state index in [0.717, 1.165) is 30.6 Å². The van der Waals surface area contributed by atoms with E-state index in [9.17, 15) is 5.11 Å². The third-order valence-corrected chi connectivity index (χ3v) is 4.19. The van der Waals surface area contributed by atoms with Gasteiger partial charge in [0.25, 0.3) is 0 Å². The average Bonchev–Trinajstić information content (AvgIpc) is 3.07. The minimum absolute atomic E-state index is 0.359. The summed E-state index contributed by atoms with van der Waals surface area (Å²) in [4.78, 5) is 0. The third-order valence-electron chi connectivity index (χ3n) is 4.19. The SMILES string of the molecule is CC1CCCC1(O)c1ccc(OC2CC2)cc1. The number of hydrogen-bond donors (Lipinski definition) is 1. The van der Waals surface area contributed by atoms with Crippen LogP contribution in [0.2, 0.25) is 0 Å². The lowest BCUT2D eigenvalue weighted by Gasteiger charge is -2.28. The number of ether oxygens (including phenoxy) is 1. The molecule has 2 atom stereocenters. The van der Waals surface area contributed by atoms with E-state index in [-0.39, 0.29) is 0 Å². The molecule has 0 aromatic heterocycles. The molecule has 0 aliphatic heterocycles. The summed E-state index contributed by atoms with van der Waals surface area (Å²) in [5.74, 6) is 1.29. The summed E-state index contributed by atoms with van der Waals surface area (Å²) in [6.45, 7) is 2.14. The van der Waals surface area contributed by atoms with Gasteiger partial charge in [-0.2, -0.15) is 0 Å². The molecule has 2 fully saturated rings. The maximum Gasteiger partial charge on any atom is 0.119 e. The predicted molar refractivity (Wildman–Crippen MR) is 67.0 cm³/mol. The highest BCUT2D eigenvalue weighted by Crippen LogP contribution is 2.43. The summed E-state index contributed by atoms with van der Waals surface area (Å²) >= 11 is 0. The second kappa shape index (κ2) is 4.02. The molecule has 17 heavy (non-hydrogen) atoms. The lowest BCUT2D eigenvalue weighted by atomic mass is 9.85. The summed E-state index contributed by atoms with van der Waals surface area (Å²) in [6.07, 6.45) is 5.94. The van der Waals surface area contributed by atoms with E-state index in [0.29, 0.717) is 12.0 Å². The van der Waals surface area contributed by atoms with E-state index in [2.05, 4.69) is 6.92 Å². The standard InChI is InChI=1S/C15H20O2/c1-11-3-2-10-15(11,16)12-4-6-13(7-5-12)17-14-8-9-14/h4-7,11,14,16H,2-3,8-10H2,1H3. The van der Waals surface area contributed by atoms with Gasteiger partial charge in [0, 0.05) is 0 Å². The van der Waals surface area contributed by atoms with Crippen LogP contribution < -0.4 is 4.74 Å². The van der Waals surface area contributed by atoms with Gasteiger partial charge in [0.2, 0.25) is 0 Å². The first kappa shape index (κ1) is 11.1. The number of rotatable bonds is 3.